The Kier molecular flexibility index (Phi) is 11.4. The Labute approximate surface area is 279 Å². The van der Waals surface area contributed by atoms with E-state index in [1.807, 2.05) is 0 Å². The molecule has 0 amide bonds. The molecule has 1 N–H and O–H groups in total. The van der Waals surface area contributed by atoms with Gasteiger partial charge in [-0.25, -0.2) is 0 Å². The van der Waals surface area contributed by atoms with Crippen LogP contribution in [0.1, 0.15) is 131 Å². The van der Waals surface area contributed by atoms with Gasteiger partial charge in [0.1, 0.15) is 11.5 Å². The highest BCUT2D eigenvalue weighted by Gasteiger charge is 2.35. The van der Waals surface area contributed by atoms with Crippen molar-refractivity contribution in [3.8, 4) is 11.5 Å². The lowest BCUT2D eigenvalue weighted by atomic mass is 9.70. The lowest BCUT2D eigenvalue weighted by molar-refractivity contribution is -0.114. The third-order valence-electron chi connectivity index (χ3n) is 8.47. The van der Waals surface area contributed by atoms with Crippen LogP contribution in [0.25, 0.3) is 5.57 Å². The highest BCUT2D eigenvalue weighted by molar-refractivity contribution is 7.80. The van der Waals surface area contributed by atoms with Crippen LogP contribution >= 0.6 is 12.6 Å². The zero-order chi connectivity index (χ0) is 34.0. The average Bonchev–Trinajstić information content (AvgIpc) is 2.90. The number of Topliss-reactive ketones (excluding diaryl/α,β-unsaturated/α-hetero) is 1. The highest BCUT2D eigenvalue weighted by atomic mass is 32.1. The van der Waals surface area contributed by atoms with Crippen LogP contribution in [0, 0.1) is 10.8 Å². The van der Waals surface area contributed by atoms with Gasteiger partial charge in [-0.05, 0) is 98.9 Å². The summed E-state index contributed by atoms with van der Waals surface area (Å²) >= 11 is 4.31. The van der Waals surface area contributed by atoms with Crippen LogP contribution in [-0.4, -0.2) is 23.2 Å². The summed E-state index contributed by atoms with van der Waals surface area (Å²) < 4.78 is 6.12. The van der Waals surface area contributed by atoms with E-state index in [1.165, 1.54) is 6.42 Å². The first-order chi connectivity index (χ1) is 20.7. The van der Waals surface area contributed by atoms with Crippen LogP contribution in [0.15, 0.2) is 65.3 Å². The minimum Gasteiger partial charge on any atom is -0.507 e. The number of carbonyl (C=O) groups is 1. The Hall–Kier alpha value is -2.72. The summed E-state index contributed by atoms with van der Waals surface area (Å²) in [5, 5.41) is 11.6. The number of benzene rings is 2. The molecule has 246 valence electrons. The first-order valence-electron chi connectivity index (χ1n) is 16.6. The lowest BCUT2D eigenvalue weighted by Crippen LogP contribution is -2.28. The third kappa shape index (κ3) is 9.18. The molecule has 0 bridgehead atoms. The van der Waals surface area contributed by atoms with Crippen molar-refractivity contribution in [1.82, 2.24) is 0 Å². The summed E-state index contributed by atoms with van der Waals surface area (Å²) in [7, 11) is 0. The quantitative estimate of drug-likeness (QED) is 0.214. The molecule has 4 heteroatoms. The molecule has 0 saturated carbocycles. The number of ketones is 1. The number of carbonyl (C=O) groups excluding carboxylic acids is 1. The molecule has 0 spiro atoms. The van der Waals surface area contributed by atoms with Gasteiger partial charge in [-0.15, -0.1) is 0 Å². The molecule has 0 fully saturated rings. The van der Waals surface area contributed by atoms with Gasteiger partial charge in [0.25, 0.3) is 0 Å². The predicted octanol–water partition coefficient (Wildman–Crippen LogP) is 11.2. The number of aromatic hydroxyl groups is 1. The Morgan fingerprint density at radius 2 is 1.13 bits per heavy atom. The van der Waals surface area contributed by atoms with E-state index in [4.69, 9.17) is 4.74 Å². The summed E-state index contributed by atoms with van der Waals surface area (Å²) in [6.07, 6.45) is 8.69. The molecule has 1 aliphatic rings. The number of hydrogen-bond donors (Lipinski definition) is 2. The third-order valence-corrected chi connectivity index (χ3v) is 8.79. The van der Waals surface area contributed by atoms with Crippen molar-refractivity contribution in [1.29, 1.82) is 0 Å². The van der Waals surface area contributed by atoms with Crippen molar-refractivity contribution in [3.05, 3.63) is 87.5 Å². The van der Waals surface area contributed by atoms with Crippen LogP contribution in [0.5, 0.6) is 11.5 Å². The van der Waals surface area contributed by atoms with Crippen molar-refractivity contribution in [2.45, 2.75) is 120 Å². The predicted molar refractivity (Wildman–Crippen MR) is 196 cm³/mol. The van der Waals surface area contributed by atoms with E-state index in [1.54, 1.807) is 0 Å². The molecule has 0 saturated heterocycles. The van der Waals surface area contributed by atoms with Crippen molar-refractivity contribution < 1.29 is 14.6 Å². The van der Waals surface area contributed by atoms with E-state index in [9.17, 15) is 9.90 Å². The number of phenolic OH excluding ortho intramolecular Hbond substituents is 1. The Balaban J connectivity index is 2.34. The van der Waals surface area contributed by atoms with Gasteiger partial charge in [-0.1, -0.05) is 108 Å². The van der Waals surface area contributed by atoms with Crippen LogP contribution in [-0.2, 0) is 15.6 Å². The zero-order valence-corrected chi connectivity index (χ0v) is 31.0. The first-order valence-corrected chi connectivity index (χ1v) is 17.2. The van der Waals surface area contributed by atoms with Gasteiger partial charge in [0, 0.05) is 22.3 Å². The van der Waals surface area contributed by atoms with E-state index in [0.29, 0.717) is 12.4 Å². The minimum absolute atomic E-state index is 0.118. The summed E-state index contributed by atoms with van der Waals surface area (Å²) in [5.74, 6) is 2.26. The number of thiol groups is 1. The Bertz CT molecular complexity index is 1390. The Morgan fingerprint density at radius 3 is 1.56 bits per heavy atom. The fourth-order valence-corrected chi connectivity index (χ4v) is 6.01. The molecule has 0 aromatic heterocycles. The number of hydrogen-bond acceptors (Lipinski definition) is 4. The monoisotopic (exact) mass is 630 g/mol. The topological polar surface area (TPSA) is 46.5 Å². The molecule has 1 aliphatic carbocycles. The van der Waals surface area contributed by atoms with Crippen LogP contribution in [0.4, 0.5) is 0 Å². The maximum atomic E-state index is 13.9. The normalized spacial score (nSPS) is 14.8. The van der Waals surface area contributed by atoms with Gasteiger partial charge in [-0.3, -0.25) is 4.79 Å². The molecule has 3 rings (SSSR count). The number of rotatable bonds is 9. The van der Waals surface area contributed by atoms with Crippen molar-refractivity contribution >= 4 is 24.0 Å². The van der Waals surface area contributed by atoms with E-state index in [-0.39, 0.29) is 27.4 Å². The molecule has 3 nitrogen and oxygen atoms in total. The molecule has 45 heavy (non-hydrogen) atoms. The summed E-state index contributed by atoms with van der Waals surface area (Å²) in [4.78, 5) is 13.9. The van der Waals surface area contributed by atoms with Gasteiger partial charge >= 0.3 is 0 Å². The van der Waals surface area contributed by atoms with E-state index in [0.717, 1.165) is 75.3 Å². The second kappa shape index (κ2) is 14.0. The smallest absolute Gasteiger partial charge is 0.186 e. The number of unbranched alkanes of at least 4 members (excludes halogenated alkanes) is 3. The molecule has 0 atom stereocenters. The molecule has 0 aliphatic heterocycles. The first kappa shape index (κ1) is 36.7. The van der Waals surface area contributed by atoms with Gasteiger partial charge in [0.15, 0.2) is 5.78 Å². The van der Waals surface area contributed by atoms with Crippen molar-refractivity contribution in [3.63, 3.8) is 0 Å². The van der Waals surface area contributed by atoms with E-state index < -0.39 is 0 Å². The van der Waals surface area contributed by atoms with Crippen LogP contribution in [0.3, 0.4) is 0 Å². The maximum Gasteiger partial charge on any atom is 0.186 e. The van der Waals surface area contributed by atoms with Gasteiger partial charge in [-0.2, -0.15) is 12.6 Å². The number of phenols is 1. The minimum atomic E-state index is -0.329. The molecular weight excluding hydrogens is 573 g/mol. The van der Waals surface area contributed by atoms with Gasteiger partial charge in [0.2, 0.25) is 0 Å². The van der Waals surface area contributed by atoms with Gasteiger partial charge < -0.3 is 9.84 Å². The zero-order valence-electron chi connectivity index (χ0n) is 30.1. The van der Waals surface area contributed by atoms with Crippen molar-refractivity contribution in [2.24, 2.45) is 10.8 Å². The van der Waals surface area contributed by atoms with Crippen LogP contribution in [0.2, 0.25) is 0 Å². The molecule has 2 aromatic rings. The van der Waals surface area contributed by atoms with Gasteiger partial charge in [0.05, 0.1) is 6.61 Å². The summed E-state index contributed by atoms with van der Waals surface area (Å²) in [6.45, 7) is 26.2. The maximum absolute atomic E-state index is 13.9. The second-order valence-electron chi connectivity index (χ2n) is 16.7. The average molecular weight is 631 g/mol. The molecule has 2 aromatic carbocycles. The highest BCUT2D eigenvalue weighted by Crippen LogP contribution is 2.45. The van der Waals surface area contributed by atoms with Crippen LogP contribution < -0.4 is 4.74 Å². The SMILES string of the molecule is CC(C)(C)C1=CC(=C(c2ccc(OCCCCCCS)cc2)c2cc(C(C)(C)C)c(O)c(C(C)(C)C)c2)C=C(C(C)(C)C)C1=O. The largest absolute Gasteiger partial charge is 0.507 e. The van der Waals surface area contributed by atoms with E-state index in [2.05, 4.69) is 144 Å². The number of ether oxygens (including phenoxy) is 1. The standard InChI is InChI=1S/C41H58O3S/c1-38(2,3)31-23-28(24-32(36(31)42)39(4,5)6)35(27-17-19-30(20-18-27)44-21-15-13-14-16-22-45)29-25-33(40(7,8)9)37(43)34(26-29)41(10,11)12/h17-20,23-26,42,45H,13-16,21-22H2,1-12H3. The number of allylic oxidation sites excluding steroid dienone is 5. The molecule has 0 radical (unpaired) electrons. The van der Waals surface area contributed by atoms with E-state index >= 15 is 0 Å². The summed E-state index contributed by atoms with van der Waals surface area (Å²) in [5.41, 5.74) is 6.35. The fraction of sp³-hybridized carbons (Fsp3) is 0.537. The molecule has 0 heterocycles. The second-order valence-corrected chi connectivity index (χ2v) is 17.2. The van der Waals surface area contributed by atoms with Crippen molar-refractivity contribution in [2.75, 3.05) is 12.4 Å². The lowest BCUT2D eigenvalue weighted by Gasteiger charge is -2.32. The molecular formula is C41H58O3S. The fourth-order valence-electron chi connectivity index (χ4n) is 5.78. The Morgan fingerprint density at radius 1 is 0.667 bits per heavy atom. The summed E-state index contributed by atoms with van der Waals surface area (Å²) in [6, 6.07) is 12.7. The molecule has 0 unspecified atom stereocenters.